The molecule has 6 heteroatoms. The molecule has 0 bridgehead atoms. The Hall–Kier alpha value is -1.56. The monoisotopic (exact) mass is 337 g/mol. The number of fused-ring (bicyclic) bond motifs is 1. The Labute approximate surface area is 139 Å². The van der Waals surface area contributed by atoms with Crippen molar-refractivity contribution in [2.24, 2.45) is 0 Å². The van der Waals surface area contributed by atoms with Crippen LogP contribution in [0.15, 0.2) is 28.7 Å². The molecule has 1 atom stereocenters. The van der Waals surface area contributed by atoms with Gasteiger partial charge in [0.2, 0.25) is 0 Å². The van der Waals surface area contributed by atoms with Crippen LogP contribution >= 0.6 is 11.6 Å². The largest absolute Gasteiger partial charge is 0.451 e. The third-order valence-electron chi connectivity index (χ3n) is 3.78. The van der Waals surface area contributed by atoms with Gasteiger partial charge in [0.1, 0.15) is 5.58 Å². The van der Waals surface area contributed by atoms with E-state index in [9.17, 15) is 4.79 Å². The van der Waals surface area contributed by atoms with E-state index in [-0.39, 0.29) is 12.0 Å². The summed E-state index contributed by atoms with van der Waals surface area (Å²) in [6.07, 6.45) is 3.19. The fourth-order valence-corrected chi connectivity index (χ4v) is 2.76. The van der Waals surface area contributed by atoms with Gasteiger partial charge in [0.25, 0.3) is 5.91 Å². The summed E-state index contributed by atoms with van der Waals surface area (Å²) in [4.78, 5) is 12.0. The first-order chi connectivity index (χ1) is 11.2. The van der Waals surface area contributed by atoms with Crippen LogP contribution < -0.4 is 5.32 Å². The van der Waals surface area contributed by atoms with Crippen molar-refractivity contribution in [3.63, 3.8) is 0 Å². The van der Waals surface area contributed by atoms with Crippen molar-refractivity contribution in [2.45, 2.75) is 25.4 Å². The van der Waals surface area contributed by atoms with Crippen molar-refractivity contribution >= 4 is 28.5 Å². The van der Waals surface area contributed by atoms with E-state index in [0.717, 1.165) is 31.3 Å². The molecule has 1 fully saturated rings. The van der Waals surface area contributed by atoms with Gasteiger partial charge in [0.05, 0.1) is 12.7 Å². The van der Waals surface area contributed by atoms with Crippen LogP contribution in [0.5, 0.6) is 0 Å². The highest BCUT2D eigenvalue weighted by atomic mass is 35.5. The van der Waals surface area contributed by atoms with Gasteiger partial charge in [-0.2, -0.15) is 0 Å². The molecule has 1 aliphatic heterocycles. The third kappa shape index (κ3) is 4.47. The highest BCUT2D eigenvalue weighted by molar-refractivity contribution is 6.31. The van der Waals surface area contributed by atoms with Gasteiger partial charge in [-0.15, -0.1) is 0 Å². The van der Waals surface area contributed by atoms with Crippen LogP contribution in [0, 0.1) is 0 Å². The summed E-state index contributed by atoms with van der Waals surface area (Å²) in [5.74, 6) is 0.0685. The summed E-state index contributed by atoms with van der Waals surface area (Å²) in [6, 6.07) is 6.97. The molecule has 23 heavy (non-hydrogen) atoms. The summed E-state index contributed by atoms with van der Waals surface area (Å²) >= 11 is 5.92. The topological polar surface area (TPSA) is 60.7 Å². The van der Waals surface area contributed by atoms with Crippen LogP contribution in [0.4, 0.5) is 0 Å². The summed E-state index contributed by atoms with van der Waals surface area (Å²) in [5, 5.41) is 4.27. The molecule has 1 aliphatic rings. The Balaban J connectivity index is 1.38. The zero-order chi connectivity index (χ0) is 16.1. The predicted molar refractivity (Wildman–Crippen MR) is 88.0 cm³/mol. The molecule has 0 aliphatic carbocycles. The van der Waals surface area contributed by atoms with Gasteiger partial charge in [-0.05, 0) is 43.5 Å². The van der Waals surface area contributed by atoms with Gasteiger partial charge < -0.3 is 19.2 Å². The maximum atomic E-state index is 12.0. The summed E-state index contributed by atoms with van der Waals surface area (Å²) in [6.45, 7) is 2.63. The number of rotatable bonds is 7. The minimum absolute atomic E-state index is 0.226. The first kappa shape index (κ1) is 16.3. The second-order valence-electron chi connectivity index (χ2n) is 5.61. The standard InChI is InChI=1S/C17H20ClNO4/c18-13-4-5-15-12(9-13)10-16(23-15)17(20)19-6-2-7-21-11-14-3-1-8-22-14/h4-5,9-10,14H,1-3,6-8,11H2,(H,19,20). The molecule has 1 amide bonds. The molecule has 1 unspecified atom stereocenters. The Bertz CT molecular complexity index is 664. The predicted octanol–water partition coefficient (Wildman–Crippen LogP) is 3.40. The van der Waals surface area contributed by atoms with E-state index in [1.165, 1.54) is 0 Å². The highest BCUT2D eigenvalue weighted by Crippen LogP contribution is 2.22. The lowest BCUT2D eigenvalue weighted by Crippen LogP contribution is -2.25. The third-order valence-corrected chi connectivity index (χ3v) is 4.02. The van der Waals surface area contributed by atoms with Crippen LogP contribution in [0.2, 0.25) is 5.02 Å². The molecule has 0 saturated carbocycles. The fourth-order valence-electron chi connectivity index (χ4n) is 2.58. The van der Waals surface area contributed by atoms with Crippen molar-refractivity contribution in [1.82, 2.24) is 5.32 Å². The van der Waals surface area contributed by atoms with E-state index >= 15 is 0 Å². The number of hydrogen-bond acceptors (Lipinski definition) is 4. The molecule has 1 N–H and O–H groups in total. The van der Waals surface area contributed by atoms with Gasteiger partial charge in [0.15, 0.2) is 5.76 Å². The van der Waals surface area contributed by atoms with E-state index in [1.807, 2.05) is 0 Å². The molecule has 5 nitrogen and oxygen atoms in total. The number of halogens is 1. The molecule has 124 valence electrons. The zero-order valence-corrected chi connectivity index (χ0v) is 13.6. The Morgan fingerprint density at radius 2 is 2.30 bits per heavy atom. The molecule has 1 saturated heterocycles. The molecule has 3 rings (SSSR count). The van der Waals surface area contributed by atoms with Crippen molar-refractivity contribution in [3.8, 4) is 0 Å². The zero-order valence-electron chi connectivity index (χ0n) is 12.8. The van der Waals surface area contributed by atoms with E-state index in [4.69, 9.17) is 25.5 Å². The minimum Gasteiger partial charge on any atom is -0.451 e. The number of ether oxygens (including phenoxy) is 2. The van der Waals surface area contributed by atoms with Crippen molar-refractivity contribution < 1.29 is 18.7 Å². The number of amides is 1. The molecular weight excluding hydrogens is 318 g/mol. The summed E-state index contributed by atoms with van der Waals surface area (Å²) in [7, 11) is 0. The fraction of sp³-hybridized carbons (Fsp3) is 0.471. The quantitative estimate of drug-likeness (QED) is 0.787. The molecule has 0 radical (unpaired) electrons. The first-order valence-corrected chi connectivity index (χ1v) is 8.27. The molecule has 1 aromatic heterocycles. The lowest BCUT2D eigenvalue weighted by molar-refractivity contribution is 0.0166. The second kappa shape index (κ2) is 7.81. The van der Waals surface area contributed by atoms with Crippen molar-refractivity contribution in [1.29, 1.82) is 0 Å². The highest BCUT2D eigenvalue weighted by Gasteiger charge is 2.15. The van der Waals surface area contributed by atoms with E-state index in [1.54, 1.807) is 24.3 Å². The lowest BCUT2D eigenvalue weighted by Gasteiger charge is -2.10. The SMILES string of the molecule is O=C(NCCCOCC1CCCO1)c1cc2cc(Cl)ccc2o1. The number of carbonyl (C=O) groups excluding carboxylic acids is 1. The van der Waals surface area contributed by atoms with Crippen molar-refractivity contribution in [2.75, 3.05) is 26.4 Å². The number of carbonyl (C=O) groups is 1. The Kier molecular flexibility index (Phi) is 5.54. The van der Waals surface area contributed by atoms with Gasteiger partial charge in [-0.25, -0.2) is 0 Å². The van der Waals surface area contributed by atoms with E-state index in [2.05, 4.69) is 5.32 Å². The van der Waals surface area contributed by atoms with Crippen LogP contribution in [-0.4, -0.2) is 38.4 Å². The van der Waals surface area contributed by atoms with Crippen LogP contribution in [0.3, 0.4) is 0 Å². The normalized spacial score (nSPS) is 17.7. The van der Waals surface area contributed by atoms with Crippen LogP contribution in [0.1, 0.15) is 29.8 Å². The van der Waals surface area contributed by atoms with Gasteiger partial charge >= 0.3 is 0 Å². The average molecular weight is 338 g/mol. The van der Waals surface area contributed by atoms with Crippen molar-refractivity contribution in [3.05, 3.63) is 35.0 Å². The molecule has 0 spiro atoms. The maximum Gasteiger partial charge on any atom is 0.287 e. The smallest absolute Gasteiger partial charge is 0.287 e. The lowest BCUT2D eigenvalue weighted by atomic mass is 10.2. The molecule has 2 aromatic rings. The average Bonchev–Trinajstić information content (AvgIpc) is 3.19. The summed E-state index contributed by atoms with van der Waals surface area (Å²) < 4.78 is 16.5. The van der Waals surface area contributed by atoms with E-state index < -0.39 is 0 Å². The van der Waals surface area contributed by atoms with Crippen LogP contribution in [0.25, 0.3) is 11.0 Å². The number of benzene rings is 1. The van der Waals surface area contributed by atoms with E-state index in [0.29, 0.717) is 36.1 Å². The first-order valence-electron chi connectivity index (χ1n) is 7.89. The molecular formula is C17H20ClNO4. The van der Waals surface area contributed by atoms with Crippen LogP contribution in [-0.2, 0) is 9.47 Å². The summed E-state index contributed by atoms with van der Waals surface area (Å²) in [5.41, 5.74) is 0.652. The number of hydrogen-bond donors (Lipinski definition) is 1. The number of furan rings is 1. The van der Waals surface area contributed by atoms with Gasteiger partial charge in [0, 0.05) is 30.2 Å². The Morgan fingerprint density at radius 1 is 1.39 bits per heavy atom. The van der Waals surface area contributed by atoms with Gasteiger partial charge in [-0.1, -0.05) is 11.6 Å². The second-order valence-corrected chi connectivity index (χ2v) is 6.05. The molecule has 1 aromatic carbocycles. The molecule has 2 heterocycles. The number of nitrogens with one attached hydrogen (secondary N) is 1. The maximum absolute atomic E-state index is 12.0. The minimum atomic E-state index is -0.226. The van der Waals surface area contributed by atoms with Gasteiger partial charge in [-0.3, -0.25) is 4.79 Å². The Morgan fingerprint density at radius 3 is 3.13 bits per heavy atom.